The van der Waals surface area contributed by atoms with E-state index in [0.29, 0.717) is 11.4 Å². The number of benzene rings is 3. The summed E-state index contributed by atoms with van der Waals surface area (Å²) in [6.07, 6.45) is 0. The second-order valence-electron chi connectivity index (χ2n) is 7.54. The van der Waals surface area contributed by atoms with Crippen LogP contribution in [0.2, 0.25) is 0 Å². The zero-order valence-electron chi connectivity index (χ0n) is 18.5. The molecule has 0 atom stereocenters. The summed E-state index contributed by atoms with van der Waals surface area (Å²) in [6.45, 7) is 5.47. The number of aryl methyl sites for hydroxylation is 3. The third-order valence-corrected chi connectivity index (χ3v) is 6.26. The average molecular weight is 468 g/mol. The Bertz CT molecular complexity index is 1270. The van der Waals surface area contributed by atoms with Crippen LogP contribution in [0.3, 0.4) is 0 Å². The van der Waals surface area contributed by atoms with Crippen LogP contribution in [-0.2, 0) is 14.8 Å². The Morgan fingerprint density at radius 2 is 1.58 bits per heavy atom. The Morgan fingerprint density at radius 3 is 2.24 bits per heavy atom. The first-order valence-electron chi connectivity index (χ1n) is 10.1. The van der Waals surface area contributed by atoms with E-state index in [1.807, 2.05) is 39.0 Å². The van der Waals surface area contributed by atoms with Crippen molar-refractivity contribution in [1.82, 2.24) is 10.9 Å². The van der Waals surface area contributed by atoms with Crippen molar-refractivity contribution in [3.63, 3.8) is 0 Å². The van der Waals surface area contributed by atoms with Gasteiger partial charge in [0.15, 0.2) is 6.61 Å². The number of nitrogens with one attached hydrogen (secondary N) is 3. The molecule has 0 aliphatic heterocycles. The highest BCUT2D eigenvalue weighted by molar-refractivity contribution is 7.92. The van der Waals surface area contributed by atoms with Gasteiger partial charge in [0.25, 0.3) is 21.8 Å². The summed E-state index contributed by atoms with van der Waals surface area (Å²) in [4.78, 5) is 24.2. The van der Waals surface area contributed by atoms with E-state index in [0.717, 1.165) is 16.7 Å². The third kappa shape index (κ3) is 6.56. The molecule has 3 aromatic carbocycles. The van der Waals surface area contributed by atoms with E-state index < -0.39 is 21.8 Å². The Kier molecular flexibility index (Phi) is 7.34. The number of amides is 2. The highest BCUT2D eigenvalue weighted by atomic mass is 32.2. The number of anilines is 1. The number of ether oxygens (including phenoxy) is 1. The Balaban J connectivity index is 1.54. The molecule has 3 N–H and O–H groups in total. The minimum Gasteiger partial charge on any atom is -0.484 e. The Morgan fingerprint density at radius 1 is 0.848 bits per heavy atom. The van der Waals surface area contributed by atoms with E-state index in [-0.39, 0.29) is 17.1 Å². The molecule has 0 saturated heterocycles. The van der Waals surface area contributed by atoms with Crippen molar-refractivity contribution in [3.05, 3.63) is 89.0 Å². The number of carbonyl (C=O) groups excluding carboxylic acids is 2. The first kappa shape index (κ1) is 23.8. The summed E-state index contributed by atoms with van der Waals surface area (Å²) in [5.74, 6) is -0.589. The van der Waals surface area contributed by atoms with Crippen LogP contribution >= 0.6 is 0 Å². The molecule has 0 bridgehead atoms. The quantitative estimate of drug-likeness (QED) is 0.462. The van der Waals surface area contributed by atoms with E-state index in [1.165, 1.54) is 24.3 Å². The number of hydrazine groups is 1. The van der Waals surface area contributed by atoms with Crippen molar-refractivity contribution in [2.75, 3.05) is 11.3 Å². The van der Waals surface area contributed by atoms with E-state index >= 15 is 0 Å². The zero-order chi connectivity index (χ0) is 24.0. The van der Waals surface area contributed by atoms with Gasteiger partial charge in [0.2, 0.25) is 0 Å². The molecular weight excluding hydrogens is 442 g/mol. The van der Waals surface area contributed by atoms with Gasteiger partial charge in [0.1, 0.15) is 5.75 Å². The van der Waals surface area contributed by atoms with Gasteiger partial charge in [-0.25, -0.2) is 8.42 Å². The van der Waals surface area contributed by atoms with Crippen LogP contribution in [0.5, 0.6) is 5.75 Å². The molecule has 0 radical (unpaired) electrons. The van der Waals surface area contributed by atoms with Crippen LogP contribution in [0, 0.1) is 20.8 Å². The Labute approximate surface area is 193 Å². The minimum absolute atomic E-state index is 0.00729. The van der Waals surface area contributed by atoms with Crippen molar-refractivity contribution < 1.29 is 22.7 Å². The number of carbonyl (C=O) groups is 2. The lowest BCUT2D eigenvalue weighted by Gasteiger charge is -2.11. The van der Waals surface area contributed by atoms with Crippen LogP contribution in [0.25, 0.3) is 0 Å². The molecule has 0 unspecified atom stereocenters. The number of hydrogen-bond donors (Lipinski definition) is 3. The Hall–Kier alpha value is -3.85. The van der Waals surface area contributed by atoms with Crippen LogP contribution in [0.1, 0.15) is 27.0 Å². The molecule has 0 aliphatic rings. The fourth-order valence-electron chi connectivity index (χ4n) is 2.89. The second-order valence-corrected chi connectivity index (χ2v) is 9.22. The summed E-state index contributed by atoms with van der Waals surface area (Å²) >= 11 is 0. The fourth-order valence-corrected chi connectivity index (χ4v) is 3.94. The molecule has 0 heterocycles. The highest BCUT2D eigenvalue weighted by Crippen LogP contribution is 2.19. The predicted octanol–water partition coefficient (Wildman–Crippen LogP) is 3.25. The predicted molar refractivity (Wildman–Crippen MR) is 125 cm³/mol. The fraction of sp³-hybridized carbons (Fsp3) is 0.167. The molecule has 33 heavy (non-hydrogen) atoms. The standard InChI is InChI=1S/C24H25N3O5S/c1-16-5-4-6-21(13-16)32-15-23(28)25-26-24(29)19-8-11-22(12-9-19)33(30,31)27-20-10-7-17(2)18(3)14-20/h4-14,27H,15H2,1-3H3,(H,25,28)(H,26,29). The molecule has 0 spiro atoms. The highest BCUT2D eigenvalue weighted by Gasteiger charge is 2.16. The van der Waals surface area contributed by atoms with Crippen LogP contribution in [-0.4, -0.2) is 26.8 Å². The minimum atomic E-state index is -3.82. The van der Waals surface area contributed by atoms with E-state index in [1.54, 1.807) is 24.3 Å². The van der Waals surface area contributed by atoms with Gasteiger partial charge in [-0.1, -0.05) is 18.2 Å². The SMILES string of the molecule is Cc1cccc(OCC(=O)NNC(=O)c2ccc(S(=O)(=O)Nc3ccc(C)c(C)c3)cc2)c1. The monoisotopic (exact) mass is 467 g/mol. The largest absolute Gasteiger partial charge is 0.484 e. The summed E-state index contributed by atoms with van der Waals surface area (Å²) in [7, 11) is -3.82. The maximum Gasteiger partial charge on any atom is 0.276 e. The smallest absolute Gasteiger partial charge is 0.276 e. The van der Waals surface area contributed by atoms with Gasteiger partial charge < -0.3 is 4.74 Å². The van der Waals surface area contributed by atoms with Crippen molar-refractivity contribution in [3.8, 4) is 5.75 Å². The molecule has 8 nitrogen and oxygen atoms in total. The van der Waals surface area contributed by atoms with Gasteiger partial charge in [-0.2, -0.15) is 0 Å². The first-order valence-corrected chi connectivity index (χ1v) is 11.6. The van der Waals surface area contributed by atoms with E-state index in [4.69, 9.17) is 4.74 Å². The maximum absolute atomic E-state index is 12.6. The van der Waals surface area contributed by atoms with Crippen LogP contribution in [0.15, 0.2) is 71.6 Å². The van der Waals surface area contributed by atoms with Gasteiger partial charge in [-0.05, 0) is 86.0 Å². The van der Waals surface area contributed by atoms with Gasteiger partial charge in [0, 0.05) is 11.3 Å². The van der Waals surface area contributed by atoms with Gasteiger partial charge in [0.05, 0.1) is 4.90 Å². The lowest BCUT2D eigenvalue weighted by atomic mass is 10.1. The number of sulfonamides is 1. The van der Waals surface area contributed by atoms with Crippen LogP contribution < -0.4 is 20.3 Å². The van der Waals surface area contributed by atoms with Crippen LogP contribution in [0.4, 0.5) is 5.69 Å². The summed E-state index contributed by atoms with van der Waals surface area (Å²) in [5.41, 5.74) is 8.19. The van der Waals surface area contributed by atoms with Gasteiger partial charge >= 0.3 is 0 Å². The maximum atomic E-state index is 12.6. The van der Waals surface area contributed by atoms with Gasteiger partial charge in [-0.3, -0.25) is 25.2 Å². The molecule has 172 valence electrons. The first-order chi connectivity index (χ1) is 15.6. The molecule has 2 amide bonds. The van der Waals surface area contributed by atoms with Crippen molar-refractivity contribution in [2.45, 2.75) is 25.7 Å². The molecule has 0 saturated carbocycles. The number of rotatable bonds is 7. The normalized spacial score (nSPS) is 10.9. The summed E-state index contributed by atoms with van der Waals surface area (Å²) in [5, 5.41) is 0. The van der Waals surface area contributed by atoms with E-state index in [9.17, 15) is 18.0 Å². The molecule has 9 heteroatoms. The molecular formula is C24H25N3O5S. The van der Waals surface area contributed by atoms with Gasteiger partial charge in [-0.15, -0.1) is 0 Å². The number of hydrogen-bond acceptors (Lipinski definition) is 5. The molecule has 0 aromatic heterocycles. The second kappa shape index (κ2) is 10.2. The van der Waals surface area contributed by atoms with E-state index in [2.05, 4.69) is 15.6 Å². The molecule has 0 fully saturated rings. The summed E-state index contributed by atoms with van der Waals surface area (Å²) < 4.78 is 33.1. The molecule has 3 aromatic rings. The van der Waals surface area contributed by atoms with Crippen molar-refractivity contribution in [2.24, 2.45) is 0 Å². The molecule has 0 aliphatic carbocycles. The summed E-state index contributed by atoms with van der Waals surface area (Å²) in [6, 6.07) is 17.9. The van der Waals surface area contributed by atoms with Crippen molar-refractivity contribution in [1.29, 1.82) is 0 Å². The lowest BCUT2D eigenvalue weighted by molar-refractivity contribution is -0.123. The lowest BCUT2D eigenvalue weighted by Crippen LogP contribution is -2.43. The average Bonchev–Trinajstić information content (AvgIpc) is 2.78. The topological polar surface area (TPSA) is 114 Å². The molecule has 3 rings (SSSR count). The third-order valence-electron chi connectivity index (χ3n) is 4.86. The van der Waals surface area contributed by atoms with Crippen molar-refractivity contribution >= 4 is 27.5 Å². The zero-order valence-corrected chi connectivity index (χ0v) is 19.3.